The number of carboxylic acid groups (broad SMARTS) is 1. The smallest absolute Gasteiger partial charge is 0.413 e. The molecule has 8 heteroatoms. The van der Waals surface area contributed by atoms with Crippen LogP contribution >= 0.6 is 0 Å². The summed E-state index contributed by atoms with van der Waals surface area (Å²) in [6.07, 6.45) is -0.629. The number of hydrazine groups is 1. The van der Waals surface area contributed by atoms with Gasteiger partial charge in [-0.1, -0.05) is 24.3 Å². The summed E-state index contributed by atoms with van der Waals surface area (Å²) in [5.41, 5.74) is 3.94. The monoisotopic (exact) mass is 318 g/mol. The van der Waals surface area contributed by atoms with Crippen LogP contribution in [0.25, 0.3) is 0 Å². The Morgan fingerprint density at radius 1 is 1.39 bits per heavy atom. The topological polar surface area (TPSA) is 101 Å². The minimum Gasteiger partial charge on any atom is -0.489 e. The lowest BCUT2D eigenvalue weighted by atomic mass is 10.0. The third-order valence-corrected chi connectivity index (χ3v) is 3.62. The van der Waals surface area contributed by atoms with Crippen LogP contribution in [0.1, 0.15) is 11.1 Å². The fourth-order valence-corrected chi connectivity index (χ4v) is 2.49. The molecule has 1 amide bonds. The van der Waals surface area contributed by atoms with E-state index in [9.17, 15) is 14.3 Å². The predicted molar refractivity (Wildman–Crippen MR) is 81.9 cm³/mol. The molecule has 3 rings (SSSR count). The minimum absolute atomic E-state index is 0.00329. The van der Waals surface area contributed by atoms with Gasteiger partial charge in [0.25, 0.3) is 0 Å². The highest BCUT2D eigenvalue weighted by Gasteiger charge is 2.25. The standard InChI is InChI=1S/C15H15FN4O3/c16-11-7-12-14(18-13(11)19-17)20(15(21)22)8-10-4-2-1-3-9(10)5-6-23-12/h1-4,7H,5-6,8,17H2,(H,18,19)(H,21,22). The van der Waals surface area contributed by atoms with Crippen LogP contribution in [0.4, 0.5) is 20.8 Å². The number of rotatable bonds is 1. The van der Waals surface area contributed by atoms with E-state index in [4.69, 9.17) is 10.6 Å². The highest BCUT2D eigenvalue weighted by atomic mass is 19.1. The van der Waals surface area contributed by atoms with Crippen LogP contribution in [0.2, 0.25) is 0 Å². The quantitative estimate of drug-likeness (QED) is 0.550. The third kappa shape index (κ3) is 2.88. The highest BCUT2D eigenvalue weighted by molar-refractivity contribution is 5.87. The van der Waals surface area contributed by atoms with E-state index in [1.165, 1.54) is 0 Å². The van der Waals surface area contributed by atoms with E-state index in [1.54, 1.807) is 0 Å². The van der Waals surface area contributed by atoms with Crippen molar-refractivity contribution >= 4 is 17.7 Å². The second-order valence-corrected chi connectivity index (χ2v) is 5.02. The molecule has 0 unspecified atom stereocenters. The molecule has 2 heterocycles. The number of hydrogen-bond acceptors (Lipinski definition) is 5. The predicted octanol–water partition coefficient (Wildman–Crippen LogP) is 2.13. The molecule has 120 valence electrons. The van der Waals surface area contributed by atoms with E-state index in [-0.39, 0.29) is 30.5 Å². The molecule has 0 aliphatic carbocycles. The normalized spacial score (nSPS) is 13.7. The van der Waals surface area contributed by atoms with Crippen molar-refractivity contribution in [3.63, 3.8) is 0 Å². The summed E-state index contributed by atoms with van der Waals surface area (Å²) in [6.45, 7) is 0.374. The number of ether oxygens (including phenoxy) is 1. The molecule has 1 aromatic carbocycles. The molecule has 4 N–H and O–H groups in total. The minimum atomic E-state index is -1.21. The van der Waals surface area contributed by atoms with Crippen LogP contribution in [0, 0.1) is 5.82 Å². The Hall–Kier alpha value is -2.87. The van der Waals surface area contributed by atoms with Crippen molar-refractivity contribution < 1.29 is 19.0 Å². The van der Waals surface area contributed by atoms with Gasteiger partial charge in [-0.15, -0.1) is 0 Å². The van der Waals surface area contributed by atoms with Gasteiger partial charge in [0.1, 0.15) is 0 Å². The number of nitrogens with one attached hydrogen (secondary N) is 1. The Balaban J connectivity index is 2.13. The second-order valence-electron chi connectivity index (χ2n) is 5.02. The first-order chi connectivity index (χ1) is 11.1. The number of benzene rings is 1. The molecule has 1 aromatic heterocycles. The van der Waals surface area contributed by atoms with Gasteiger partial charge in [-0.2, -0.15) is 0 Å². The number of anilines is 2. The van der Waals surface area contributed by atoms with Crippen molar-refractivity contribution in [3.8, 4) is 5.75 Å². The average molecular weight is 318 g/mol. The molecule has 0 spiro atoms. The number of fused-ring (bicyclic) bond motifs is 2. The number of hydrogen-bond donors (Lipinski definition) is 3. The summed E-state index contributed by atoms with van der Waals surface area (Å²) in [6, 6.07) is 8.56. The van der Waals surface area contributed by atoms with Crippen LogP contribution in [0.15, 0.2) is 30.3 Å². The van der Waals surface area contributed by atoms with Gasteiger partial charge in [0.15, 0.2) is 23.2 Å². The summed E-state index contributed by atoms with van der Waals surface area (Å²) in [5.74, 6) is 4.33. The molecule has 23 heavy (non-hydrogen) atoms. The number of pyridine rings is 1. The summed E-state index contributed by atoms with van der Waals surface area (Å²) >= 11 is 0. The third-order valence-electron chi connectivity index (χ3n) is 3.62. The Morgan fingerprint density at radius 2 is 2.13 bits per heavy atom. The maximum Gasteiger partial charge on any atom is 0.413 e. The van der Waals surface area contributed by atoms with Gasteiger partial charge in [-0.05, 0) is 11.1 Å². The number of nitrogens with zero attached hydrogens (tertiary/aromatic N) is 2. The Kier molecular flexibility index (Phi) is 3.98. The summed E-state index contributed by atoms with van der Waals surface area (Å²) < 4.78 is 19.4. The summed E-state index contributed by atoms with van der Waals surface area (Å²) in [7, 11) is 0. The van der Waals surface area contributed by atoms with E-state index < -0.39 is 11.9 Å². The van der Waals surface area contributed by atoms with Crippen LogP contribution in [0.5, 0.6) is 5.75 Å². The fraction of sp³-hybridized carbons (Fsp3) is 0.200. The van der Waals surface area contributed by atoms with Crippen LogP contribution < -0.4 is 20.9 Å². The maximum atomic E-state index is 13.9. The first-order valence-corrected chi connectivity index (χ1v) is 6.97. The molecule has 7 nitrogen and oxygen atoms in total. The number of nitrogens with two attached hydrogens (primary N) is 1. The zero-order valence-electron chi connectivity index (χ0n) is 12.1. The molecule has 1 aliphatic rings. The molecule has 1 aliphatic heterocycles. The Morgan fingerprint density at radius 3 is 2.83 bits per heavy atom. The highest BCUT2D eigenvalue weighted by Crippen LogP contribution is 2.33. The average Bonchev–Trinajstić information content (AvgIpc) is 2.61. The van der Waals surface area contributed by atoms with Crippen molar-refractivity contribution in [1.82, 2.24) is 4.98 Å². The Bertz CT molecular complexity index is 753. The van der Waals surface area contributed by atoms with Gasteiger partial charge in [0.2, 0.25) is 0 Å². The van der Waals surface area contributed by atoms with Gasteiger partial charge in [0, 0.05) is 12.5 Å². The number of halogens is 1. The molecule has 0 saturated carbocycles. The molecular weight excluding hydrogens is 303 g/mol. The van der Waals surface area contributed by atoms with Crippen LogP contribution in [0.3, 0.4) is 0 Å². The van der Waals surface area contributed by atoms with E-state index in [1.807, 2.05) is 24.3 Å². The largest absolute Gasteiger partial charge is 0.489 e. The van der Waals surface area contributed by atoms with Gasteiger partial charge in [-0.3, -0.25) is 4.90 Å². The van der Waals surface area contributed by atoms with Crippen molar-refractivity contribution in [3.05, 3.63) is 47.3 Å². The Labute approximate surface area is 131 Å². The summed E-state index contributed by atoms with van der Waals surface area (Å²) in [5, 5.41) is 9.54. The molecule has 0 radical (unpaired) electrons. The van der Waals surface area contributed by atoms with Crippen molar-refractivity contribution in [2.24, 2.45) is 5.84 Å². The van der Waals surface area contributed by atoms with Gasteiger partial charge in [-0.25, -0.2) is 20.0 Å². The van der Waals surface area contributed by atoms with Gasteiger partial charge >= 0.3 is 6.09 Å². The van der Waals surface area contributed by atoms with Gasteiger partial charge < -0.3 is 15.3 Å². The van der Waals surface area contributed by atoms with Crippen LogP contribution in [-0.2, 0) is 13.0 Å². The number of amides is 1. The SMILES string of the molecule is NNc1nc2c(cc1F)OCCc1ccccc1CN2C(=O)O. The van der Waals surface area contributed by atoms with E-state index in [0.29, 0.717) is 6.42 Å². The lowest BCUT2D eigenvalue weighted by molar-refractivity contribution is 0.201. The molecule has 0 atom stereocenters. The lowest BCUT2D eigenvalue weighted by Crippen LogP contribution is -2.30. The fourth-order valence-electron chi connectivity index (χ4n) is 2.49. The lowest BCUT2D eigenvalue weighted by Gasteiger charge is -2.21. The number of carbonyl (C=O) groups is 1. The molecular formula is C15H15FN4O3. The zero-order valence-corrected chi connectivity index (χ0v) is 12.1. The zero-order chi connectivity index (χ0) is 16.4. The van der Waals surface area contributed by atoms with Crippen LogP contribution in [-0.4, -0.2) is 22.8 Å². The molecule has 2 aromatic rings. The first-order valence-electron chi connectivity index (χ1n) is 6.97. The van der Waals surface area contributed by atoms with Crippen molar-refractivity contribution in [1.29, 1.82) is 0 Å². The van der Waals surface area contributed by atoms with E-state index >= 15 is 0 Å². The van der Waals surface area contributed by atoms with Gasteiger partial charge in [0.05, 0.1) is 13.2 Å². The van der Waals surface area contributed by atoms with E-state index in [2.05, 4.69) is 10.4 Å². The van der Waals surface area contributed by atoms with Crippen molar-refractivity contribution in [2.45, 2.75) is 13.0 Å². The van der Waals surface area contributed by atoms with Crippen molar-refractivity contribution in [2.75, 3.05) is 16.9 Å². The molecule has 0 bridgehead atoms. The molecule has 0 saturated heterocycles. The number of aromatic nitrogens is 1. The second kappa shape index (κ2) is 6.09. The van der Waals surface area contributed by atoms with E-state index in [0.717, 1.165) is 22.1 Å². The molecule has 0 fully saturated rings. The maximum absolute atomic E-state index is 13.9. The number of nitrogen functional groups attached to an aromatic ring is 1. The summed E-state index contributed by atoms with van der Waals surface area (Å²) in [4.78, 5) is 16.6. The first kappa shape index (κ1) is 15.0.